The summed E-state index contributed by atoms with van der Waals surface area (Å²) in [5, 5.41) is 2.38. The number of hydrogen-bond acceptors (Lipinski definition) is 4. The van der Waals surface area contributed by atoms with Gasteiger partial charge in [-0.2, -0.15) is 17.5 Å². The van der Waals surface area contributed by atoms with E-state index in [0.717, 1.165) is 25.0 Å². The van der Waals surface area contributed by atoms with Crippen molar-refractivity contribution in [2.45, 2.75) is 30.8 Å². The second-order valence-electron chi connectivity index (χ2n) is 7.48. The van der Waals surface area contributed by atoms with Gasteiger partial charge in [0.05, 0.1) is 23.1 Å². The third-order valence-corrected chi connectivity index (χ3v) is 7.14. The van der Waals surface area contributed by atoms with Crippen LogP contribution in [0.25, 0.3) is 0 Å². The van der Waals surface area contributed by atoms with Crippen molar-refractivity contribution in [3.05, 3.63) is 53.6 Å². The van der Waals surface area contributed by atoms with Crippen LogP contribution in [0.15, 0.2) is 47.4 Å². The Kier molecular flexibility index (Phi) is 6.61. The summed E-state index contributed by atoms with van der Waals surface area (Å²) in [6.45, 7) is 2.84. The number of halogens is 3. The Morgan fingerprint density at radius 1 is 1.13 bits per heavy atom. The summed E-state index contributed by atoms with van der Waals surface area (Å²) in [5.41, 5.74) is -1.07. The van der Waals surface area contributed by atoms with Gasteiger partial charge in [0.15, 0.2) is 0 Å². The molecule has 1 N–H and O–H groups in total. The molecular formula is C21H23F3N2O4S. The number of rotatable bonds is 5. The van der Waals surface area contributed by atoms with Crippen molar-refractivity contribution in [3.8, 4) is 5.75 Å². The predicted octanol–water partition coefficient (Wildman–Crippen LogP) is 4.39. The Morgan fingerprint density at radius 3 is 2.42 bits per heavy atom. The molecule has 0 bridgehead atoms. The maximum Gasteiger partial charge on any atom is 0.416 e. The minimum Gasteiger partial charge on any atom is -0.496 e. The molecule has 6 nitrogen and oxygen atoms in total. The molecule has 1 amide bonds. The minimum absolute atomic E-state index is 0.0693. The van der Waals surface area contributed by atoms with Gasteiger partial charge in [-0.1, -0.05) is 13.0 Å². The molecule has 0 unspecified atom stereocenters. The molecule has 10 heteroatoms. The highest BCUT2D eigenvalue weighted by Gasteiger charge is 2.31. The zero-order valence-electron chi connectivity index (χ0n) is 17.1. The first-order valence-electron chi connectivity index (χ1n) is 9.69. The maximum atomic E-state index is 13.0. The minimum atomic E-state index is -4.56. The number of ether oxygens (including phenoxy) is 1. The van der Waals surface area contributed by atoms with Crippen LogP contribution in [0.5, 0.6) is 5.75 Å². The number of methoxy groups -OCH3 is 1. The molecule has 0 spiro atoms. The van der Waals surface area contributed by atoms with Gasteiger partial charge in [0.1, 0.15) is 5.75 Å². The fraction of sp³-hybridized carbons (Fsp3) is 0.381. The van der Waals surface area contributed by atoms with Crippen LogP contribution in [0.2, 0.25) is 0 Å². The molecule has 31 heavy (non-hydrogen) atoms. The highest BCUT2D eigenvalue weighted by molar-refractivity contribution is 7.89. The van der Waals surface area contributed by atoms with Gasteiger partial charge in [-0.25, -0.2) is 8.42 Å². The van der Waals surface area contributed by atoms with Gasteiger partial charge in [0.25, 0.3) is 5.91 Å². The van der Waals surface area contributed by atoms with Crippen molar-refractivity contribution in [1.82, 2.24) is 4.31 Å². The molecule has 1 fully saturated rings. The molecule has 0 saturated carbocycles. The number of alkyl halides is 3. The largest absolute Gasteiger partial charge is 0.496 e. The Balaban J connectivity index is 1.90. The summed E-state index contributed by atoms with van der Waals surface area (Å²) in [5.74, 6) is -0.229. The van der Waals surface area contributed by atoms with Crippen molar-refractivity contribution in [3.63, 3.8) is 0 Å². The SMILES string of the molecule is COc1ccc(S(=O)(=O)N2CCC(C)CC2)cc1C(=O)Nc1cccc(C(F)(F)F)c1. The van der Waals surface area contributed by atoms with E-state index in [1.807, 2.05) is 0 Å². The lowest BCUT2D eigenvalue weighted by atomic mass is 10.0. The number of nitrogens with one attached hydrogen (secondary N) is 1. The third kappa shape index (κ3) is 5.19. The quantitative estimate of drug-likeness (QED) is 0.724. The van der Waals surface area contributed by atoms with E-state index in [9.17, 15) is 26.4 Å². The highest BCUT2D eigenvalue weighted by Crippen LogP contribution is 2.32. The molecular weight excluding hydrogens is 433 g/mol. The van der Waals surface area contributed by atoms with E-state index in [0.29, 0.717) is 19.0 Å². The molecule has 1 aliphatic rings. The van der Waals surface area contributed by atoms with Crippen LogP contribution in [-0.2, 0) is 16.2 Å². The Labute approximate surface area is 179 Å². The van der Waals surface area contributed by atoms with Crippen LogP contribution in [-0.4, -0.2) is 38.8 Å². The first-order chi connectivity index (χ1) is 14.5. The number of piperidine rings is 1. The van der Waals surface area contributed by atoms with Gasteiger partial charge in [-0.15, -0.1) is 0 Å². The fourth-order valence-corrected chi connectivity index (χ4v) is 4.87. The van der Waals surface area contributed by atoms with Gasteiger partial charge in [-0.05, 0) is 55.2 Å². The van der Waals surface area contributed by atoms with Gasteiger partial charge < -0.3 is 10.1 Å². The normalized spacial score (nSPS) is 16.2. The van der Waals surface area contributed by atoms with Gasteiger partial charge in [-0.3, -0.25) is 4.79 Å². The second kappa shape index (κ2) is 8.88. The summed E-state index contributed by atoms with van der Waals surface area (Å²) >= 11 is 0. The Bertz CT molecular complexity index is 1060. The first-order valence-corrected chi connectivity index (χ1v) is 11.1. The molecule has 3 rings (SSSR count). The average molecular weight is 456 g/mol. The number of nitrogens with zero attached hydrogens (tertiary/aromatic N) is 1. The maximum absolute atomic E-state index is 13.0. The molecule has 0 atom stereocenters. The van der Waals surface area contributed by atoms with E-state index in [2.05, 4.69) is 12.2 Å². The van der Waals surface area contributed by atoms with Crippen LogP contribution in [0.3, 0.4) is 0 Å². The van der Waals surface area contributed by atoms with Crippen LogP contribution in [0.1, 0.15) is 35.7 Å². The number of amides is 1. The second-order valence-corrected chi connectivity index (χ2v) is 9.42. The molecule has 0 radical (unpaired) electrons. The molecule has 168 valence electrons. The van der Waals surface area contributed by atoms with Gasteiger partial charge in [0, 0.05) is 18.8 Å². The zero-order valence-corrected chi connectivity index (χ0v) is 17.9. The first kappa shape index (κ1) is 23.1. The van der Waals surface area contributed by atoms with Gasteiger partial charge in [0.2, 0.25) is 10.0 Å². The Hall–Kier alpha value is -2.59. The lowest BCUT2D eigenvalue weighted by Crippen LogP contribution is -2.37. The third-order valence-electron chi connectivity index (χ3n) is 5.24. The van der Waals surface area contributed by atoms with Crippen LogP contribution in [0.4, 0.5) is 18.9 Å². The molecule has 1 heterocycles. The van der Waals surface area contributed by atoms with Crippen molar-refractivity contribution < 1.29 is 31.1 Å². The molecule has 2 aromatic rings. The lowest BCUT2D eigenvalue weighted by molar-refractivity contribution is -0.137. The van der Waals surface area contributed by atoms with E-state index in [4.69, 9.17) is 4.74 Å². The predicted molar refractivity (Wildman–Crippen MR) is 110 cm³/mol. The van der Waals surface area contributed by atoms with Crippen molar-refractivity contribution in [2.24, 2.45) is 5.92 Å². The van der Waals surface area contributed by atoms with E-state index in [1.54, 1.807) is 0 Å². The highest BCUT2D eigenvalue weighted by atomic mass is 32.2. The number of benzene rings is 2. The van der Waals surface area contributed by atoms with Crippen molar-refractivity contribution in [1.29, 1.82) is 0 Å². The lowest BCUT2D eigenvalue weighted by Gasteiger charge is -2.29. The fourth-order valence-electron chi connectivity index (χ4n) is 3.37. The summed E-state index contributed by atoms with van der Waals surface area (Å²) in [6, 6.07) is 8.09. The smallest absolute Gasteiger partial charge is 0.416 e. The monoisotopic (exact) mass is 456 g/mol. The standard InChI is InChI=1S/C21H23F3N2O4S/c1-14-8-10-26(11-9-14)31(28,29)17-6-7-19(30-2)18(13-17)20(27)25-16-5-3-4-15(12-16)21(22,23)24/h3-7,12-14H,8-11H2,1-2H3,(H,25,27). The summed E-state index contributed by atoms with van der Waals surface area (Å²) in [6.07, 6.45) is -3.06. The van der Waals surface area contributed by atoms with Crippen LogP contribution in [0, 0.1) is 5.92 Å². The molecule has 1 aliphatic heterocycles. The van der Waals surface area contributed by atoms with Gasteiger partial charge >= 0.3 is 6.18 Å². The number of sulfonamides is 1. The summed E-state index contributed by atoms with van der Waals surface area (Å²) in [4.78, 5) is 12.7. The zero-order chi connectivity index (χ0) is 22.8. The number of anilines is 1. The van der Waals surface area contributed by atoms with E-state index in [-0.39, 0.29) is 21.9 Å². The number of carbonyl (C=O) groups is 1. The van der Waals surface area contributed by atoms with E-state index >= 15 is 0 Å². The Morgan fingerprint density at radius 2 is 1.81 bits per heavy atom. The molecule has 0 aromatic heterocycles. The topological polar surface area (TPSA) is 75.7 Å². The van der Waals surface area contributed by atoms with E-state index < -0.39 is 27.7 Å². The molecule has 0 aliphatic carbocycles. The summed E-state index contributed by atoms with van der Waals surface area (Å²) < 4.78 is 71.3. The molecule has 1 saturated heterocycles. The molecule has 2 aromatic carbocycles. The van der Waals surface area contributed by atoms with E-state index in [1.165, 1.54) is 41.7 Å². The van der Waals surface area contributed by atoms with Crippen molar-refractivity contribution in [2.75, 3.05) is 25.5 Å². The van der Waals surface area contributed by atoms with Crippen LogP contribution >= 0.6 is 0 Å². The summed E-state index contributed by atoms with van der Waals surface area (Å²) in [7, 11) is -2.50. The number of hydrogen-bond donors (Lipinski definition) is 1. The number of carbonyl (C=O) groups excluding carboxylic acids is 1. The van der Waals surface area contributed by atoms with Crippen LogP contribution < -0.4 is 10.1 Å². The van der Waals surface area contributed by atoms with Crippen molar-refractivity contribution >= 4 is 21.6 Å². The average Bonchev–Trinajstić information content (AvgIpc) is 2.73.